The van der Waals surface area contributed by atoms with Gasteiger partial charge in [-0.2, -0.15) is 0 Å². The first-order valence-electron chi connectivity index (χ1n) is 6.39. The molecule has 1 heterocycles. The predicted molar refractivity (Wildman–Crippen MR) is 72.7 cm³/mol. The van der Waals surface area contributed by atoms with Crippen molar-refractivity contribution in [3.05, 3.63) is 0 Å². The lowest BCUT2D eigenvalue weighted by molar-refractivity contribution is -0.140. The number of urea groups is 1. The molecule has 6 heteroatoms. The van der Waals surface area contributed by atoms with Gasteiger partial charge in [-0.15, -0.1) is 11.8 Å². The molecule has 1 fully saturated rings. The second-order valence-corrected chi connectivity index (χ2v) is 5.59. The maximum Gasteiger partial charge on any atom is 0.327 e. The topological polar surface area (TPSA) is 69.6 Å². The predicted octanol–water partition coefficient (Wildman–Crippen LogP) is 2.12. The van der Waals surface area contributed by atoms with E-state index < -0.39 is 12.0 Å². The van der Waals surface area contributed by atoms with Gasteiger partial charge in [-0.3, -0.25) is 0 Å². The average molecular weight is 274 g/mol. The van der Waals surface area contributed by atoms with Crippen LogP contribution >= 0.6 is 11.8 Å². The highest BCUT2D eigenvalue weighted by Gasteiger charge is 2.37. The third-order valence-electron chi connectivity index (χ3n) is 3.83. The van der Waals surface area contributed by atoms with Crippen molar-refractivity contribution in [2.45, 2.75) is 51.6 Å². The Morgan fingerprint density at radius 1 is 1.33 bits per heavy atom. The normalized spacial score (nSPS) is 19.9. The minimum Gasteiger partial charge on any atom is -0.480 e. The standard InChI is InChI=1S/C12H22N2O3S/c1-4-12(5-2,6-3)13-11(17)14-8-18-7-9(14)10(15)16/h9H,4-8H2,1-3H3,(H,13,17)(H,15,16)/t9-/m0/s1. The van der Waals surface area contributed by atoms with Crippen LogP contribution in [0.4, 0.5) is 4.79 Å². The lowest BCUT2D eigenvalue weighted by Crippen LogP contribution is -2.55. The van der Waals surface area contributed by atoms with Gasteiger partial charge in [-0.05, 0) is 19.3 Å². The van der Waals surface area contributed by atoms with E-state index >= 15 is 0 Å². The summed E-state index contributed by atoms with van der Waals surface area (Å²) in [5, 5.41) is 12.1. The molecule has 1 aliphatic heterocycles. The number of thioether (sulfide) groups is 1. The van der Waals surface area contributed by atoms with Crippen LogP contribution < -0.4 is 5.32 Å². The number of nitrogens with zero attached hydrogens (tertiary/aromatic N) is 1. The van der Waals surface area contributed by atoms with Gasteiger partial charge in [0, 0.05) is 11.3 Å². The molecule has 0 radical (unpaired) electrons. The van der Waals surface area contributed by atoms with E-state index in [1.807, 2.05) is 20.8 Å². The Kier molecular flexibility index (Phi) is 5.31. The van der Waals surface area contributed by atoms with Gasteiger partial charge in [-0.25, -0.2) is 9.59 Å². The zero-order chi connectivity index (χ0) is 13.8. The first kappa shape index (κ1) is 15.1. The summed E-state index contributed by atoms with van der Waals surface area (Å²) in [6, 6.07) is -0.948. The van der Waals surface area contributed by atoms with E-state index in [9.17, 15) is 9.59 Å². The molecule has 1 aliphatic rings. The molecule has 0 saturated carbocycles. The van der Waals surface area contributed by atoms with Crippen molar-refractivity contribution in [1.29, 1.82) is 0 Å². The second kappa shape index (κ2) is 6.31. The number of nitrogens with one attached hydrogen (secondary N) is 1. The van der Waals surface area contributed by atoms with Crippen LogP contribution in [0.2, 0.25) is 0 Å². The monoisotopic (exact) mass is 274 g/mol. The van der Waals surface area contributed by atoms with Crippen molar-refractivity contribution in [3.8, 4) is 0 Å². The van der Waals surface area contributed by atoms with Gasteiger partial charge in [-0.1, -0.05) is 20.8 Å². The molecule has 5 nitrogen and oxygen atoms in total. The van der Waals surface area contributed by atoms with Crippen LogP contribution in [-0.4, -0.2) is 45.2 Å². The van der Waals surface area contributed by atoms with Crippen LogP contribution in [0.3, 0.4) is 0 Å². The van der Waals surface area contributed by atoms with Crippen LogP contribution in [0.15, 0.2) is 0 Å². The first-order valence-corrected chi connectivity index (χ1v) is 7.54. The fourth-order valence-electron chi connectivity index (χ4n) is 2.16. The van der Waals surface area contributed by atoms with E-state index in [0.717, 1.165) is 19.3 Å². The van der Waals surface area contributed by atoms with E-state index in [4.69, 9.17) is 5.11 Å². The first-order chi connectivity index (χ1) is 8.49. The Labute approximate surface area is 112 Å². The number of carboxylic acid groups (broad SMARTS) is 1. The number of aliphatic carboxylic acids is 1. The van der Waals surface area contributed by atoms with Crippen molar-refractivity contribution in [2.75, 3.05) is 11.6 Å². The molecule has 0 aromatic heterocycles. The zero-order valence-corrected chi connectivity index (χ0v) is 12.0. The van der Waals surface area contributed by atoms with Crippen molar-refractivity contribution in [2.24, 2.45) is 0 Å². The summed E-state index contributed by atoms with van der Waals surface area (Å²) in [4.78, 5) is 24.7. The van der Waals surface area contributed by atoms with Gasteiger partial charge in [0.25, 0.3) is 0 Å². The summed E-state index contributed by atoms with van der Waals surface area (Å²) in [6.45, 7) is 6.13. The van der Waals surface area contributed by atoms with Crippen molar-refractivity contribution < 1.29 is 14.7 Å². The summed E-state index contributed by atoms with van der Waals surface area (Å²) in [5.41, 5.74) is -0.215. The van der Waals surface area contributed by atoms with Crippen LogP contribution in [0, 0.1) is 0 Å². The van der Waals surface area contributed by atoms with Crippen LogP contribution in [0.25, 0.3) is 0 Å². The van der Waals surface area contributed by atoms with E-state index in [-0.39, 0.29) is 11.6 Å². The van der Waals surface area contributed by atoms with Gasteiger partial charge in [0.15, 0.2) is 0 Å². The highest BCUT2D eigenvalue weighted by atomic mass is 32.2. The summed E-state index contributed by atoms with van der Waals surface area (Å²) in [7, 11) is 0. The van der Waals surface area contributed by atoms with Gasteiger partial charge in [0.1, 0.15) is 6.04 Å². The van der Waals surface area contributed by atoms with Crippen LogP contribution in [-0.2, 0) is 4.79 Å². The summed E-state index contributed by atoms with van der Waals surface area (Å²) in [5.74, 6) is 0.00104. The lowest BCUT2D eigenvalue weighted by Gasteiger charge is -2.34. The molecule has 1 rings (SSSR count). The average Bonchev–Trinajstić information content (AvgIpc) is 2.85. The molecule has 1 atom stereocenters. The number of carboxylic acids is 1. The molecule has 0 aromatic carbocycles. The third-order valence-corrected chi connectivity index (χ3v) is 4.84. The highest BCUT2D eigenvalue weighted by molar-refractivity contribution is 7.99. The molecule has 104 valence electrons. The van der Waals surface area contributed by atoms with Gasteiger partial charge < -0.3 is 15.3 Å². The quantitative estimate of drug-likeness (QED) is 0.805. The fourth-order valence-corrected chi connectivity index (χ4v) is 3.31. The molecule has 0 spiro atoms. The molecule has 2 N–H and O–H groups in total. The van der Waals surface area contributed by atoms with E-state index in [1.54, 1.807) is 0 Å². The van der Waals surface area contributed by atoms with E-state index in [2.05, 4.69) is 5.32 Å². The Morgan fingerprint density at radius 3 is 2.33 bits per heavy atom. The fraction of sp³-hybridized carbons (Fsp3) is 0.833. The number of carbonyl (C=O) groups excluding carboxylic acids is 1. The Morgan fingerprint density at radius 2 is 1.89 bits per heavy atom. The van der Waals surface area contributed by atoms with Gasteiger partial charge in [0.05, 0.1) is 5.88 Å². The number of hydrogen-bond acceptors (Lipinski definition) is 3. The minimum atomic E-state index is -0.926. The SMILES string of the molecule is CCC(CC)(CC)NC(=O)N1CSC[C@H]1C(=O)O. The number of rotatable bonds is 5. The van der Waals surface area contributed by atoms with Gasteiger partial charge >= 0.3 is 12.0 Å². The summed E-state index contributed by atoms with van der Waals surface area (Å²) < 4.78 is 0. The molecular formula is C12H22N2O3S. The molecule has 0 unspecified atom stereocenters. The molecule has 2 amide bonds. The molecule has 0 aliphatic carbocycles. The molecule has 0 bridgehead atoms. The largest absolute Gasteiger partial charge is 0.480 e. The minimum absolute atomic E-state index is 0.215. The number of carbonyl (C=O) groups is 2. The summed E-state index contributed by atoms with van der Waals surface area (Å²) >= 11 is 1.48. The van der Waals surface area contributed by atoms with E-state index in [0.29, 0.717) is 11.6 Å². The lowest BCUT2D eigenvalue weighted by atomic mass is 9.90. The molecule has 18 heavy (non-hydrogen) atoms. The smallest absolute Gasteiger partial charge is 0.327 e. The maximum absolute atomic E-state index is 12.2. The number of hydrogen-bond donors (Lipinski definition) is 2. The Hall–Kier alpha value is -0.910. The molecule has 0 aromatic rings. The number of amides is 2. The second-order valence-electron chi connectivity index (χ2n) is 4.59. The van der Waals surface area contributed by atoms with Crippen molar-refractivity contribution in [1.82, 2.24) is 10.2 Å². The van der Waals surface area contributed by atoms with E-state index in [1.165, 1.54) is 16.7 Å². The van der Waals surface area contributed by atoms with Crippen molar-refractivity contribution in [3.63, 3.8) is 0 Å². The Balaban J connectivity index is 2.72. The summed E-state index contributed by atoms with van der Waals surface area (Å²) in [6.07, 6.45) is 2.55. The zero-order valence-electron chi connectivity index (χ0n) is 11.2. The van der Waals surface area contributed by atoms with Crippen molar-refractivity contribution >= 4 is 23.8 Å². The molecular weight excluding hydrogens is 252 g/mol. The molecule has 1 saturated heterocycles. The third kappa shape index (κ3) is 3.10. The van der Waals surface area contributed by atoms with Crippen LogP contribution in [0.1, 0.15) is 40.0 Å². The highest BCUT2D eigenvalue weighted by Crippen LogP contribution is 2.24. The maximum atomic E-state index is 12.2. The Bertz CT molecular complexity index is 310. The van der Waals surface area contributed by atoms with Gasteiger partial charge in [0.2, 0.25) is 0 Å². The van der Waals surface area contributed by atoms with Crippen LogP contribution in [0.5, 0.6) is 0 Å².